The number of H-pyrrole nitrogens is 1. The normalized spacial score (nSPS) is 13.1. The smallest absolute Gasteiger partial charge is 0.251 e. The van der Waals surface area contributed by atoms with Crippen molar-refractivity contribution in [2.45, 2.75) is 17.9 Å². The quantitative estimate of drug-likeness (QED) is 0.718. The van der Waals surface area contributed by atoms with Crippen LogP contribution >= 0.6 is 0 Å². The molecular weight excluding hydrogens is 352 g/mol. The van der Waals surface area contributed by atoms with Gasteiger partial charge in [0, 0.05) is 19.7 Å². The molecule has 1 aromatic heterocycles. The van der Waals surface area contributed by atoms with Crippen LogP contribution in [-0.2, 0) is 10.0 Å². The van der Waals surface area contributed by atoms with Crippen LogP contribution in [0.25, 0.3) is 11.0 Å². The Kier molecular flexibility index (Phi) is 4.80. The summed E-state index contributed by atoms with van der Waals surface area (Å²) in [5.74, 6) is 0.359. The number of imidazole rings is 1. The Hall–Kier alpha value is -2.71. The van der Waals surface area contributed by atoms with Gasteiger partial charge in [0.1, 0.15) is 5.82 Å². The molecule has 0 radical (unpaired) electrons. The molecule has 136 valence electrons. The number of nitrogens with zero attached hydrogens (tertiary/aromatic N) is 2. The molecule has 8 heteroatoms. The molecule has 1 unspecified atom stereocenters. The average molecular weight is 372 g/mol. The number of carbonyl (C=O) groups is 1. The highest BCUT2D eigenvalue weighted by atomic mass is 32.2. The van der Waals surface area contributed by atoms with Crippen molar-refractivity contribution in [3.63, 3.8) is 0 Å². The van der Waals surface area contributed by atoms with Crippen LogP contribution in [0.5, 0.6) is 0 Å². The third-order valence-corrected chi connectivity index (χ3v) is 5.89. The van der Waals surface area contributed by atoms with Crippen molar-refractivity contribution < 1.29 is 13.2 Å². The molecule has 3 aromatic rings. The van der Waals surface area contributed by atoms with Gasteiger partial charge in [-0.15, -0.1) is 0 Å². The minimum absolute atomic E-state index is 0.143. The van der Waals surface area contributed by atoms with Crippen LogP contribution in [-0.4, -0.2) is 42.7 Å². The fourth-order valence-corrected chi connectivity index (χ4v) is 3.42. The molecule has 0 saturated heterocycles. The van der Waals surface area contributed by atoms with Crippen molar-refractivity contribution in [3.05, 3.63) is 59.9 Å². The molecule has 1 amide bonds. The highest BCUT2D eigenvalue weighted by Crippen LogP contribution is 2.17. The maximum Gasteiger partial charge on any atom is 0.251 e. The van der Waals surface area contributed by atoms with Crippen molar-refractivity contribution in [2.24, 2.45) is 0 Å². The van der Waals surface area contributed by atoms with Gasteiger partial charge in [0.15, 0.2) is 0 Å². The topological polar surface area (TPSA) is 95.2 Å². The minimum Gasteiger partial charge on any atom is -0.342 e. The summed E-state index contributed by atoms with van der Waals surface area (Å²) in [6.07, 6.45) is 0. The van der Waals surface area contributed by atoms with E-state index in [-0.39, 0.29) is 16.8 Å². The van der Waals surface area contributed by atoms with Crippen LogP contribution in [0, 0.1) is 0 Å². The number of nitrogens with one attached hydrogen (secondary N) is 2. The Morgan fingerprint density at radius 1 is 1.12 bits per heavy atom. The van der Waals surface area contributed by atoms with Crippen LogP contribution in [0.4, 0.5) is 0 Å². The van der Waals surface area contributed by atoms with E-state index in [0.29, 0.717) is 11.4 Å². The summed E-state index contributed by atoms with van der Waals surface area (Å²) in [6, 6.07) is 13.2. The Morgan fingerprint density at radius 3 is 2.38 bits per heavy atom. The maximum absolute atomic E-state index is 12.4. The predicted molar refractivity (Wildman–Crippen MR) is 99.3 cm³/mol. The lowest BCUT2D eigenvalue weighted by atomic mass is 10.2. The van der Waals surface area contributed by atoms with E-state index >= 15 is 0 Å². The Morgan fingerprint density at radius 2 is 1.77 bits per heavy atom. The van der Waals surface area contributed by atoms with Crippen LogP contribution in [0.3, 0.4) is 0 Å². The molecule has 2 aromatic carbocycles. The fourth-order valence-electron chi connectivity index (χ4n) is 2.52. The molecule has 0 fully saturated rings. The second kappa shape index (κ2) is 6.89. The Labute approximate surface area is 152 Å². The van der Waals surface area contributed by atoms with Gasteiger partial charge in [-0.25, -0.2) is 17.7 Å². The molecule has 1 atom stereocenters. The third-order valence-electron chi connectivity index (χ3n) is 4.06. The largest absolute Gasteiger partial charge is 0.342 e. The lowest BCUT2D eigenvalue weighted by Crippen LogP contribution is -2.27. The lowest BCUT2D eigenvalue weighted by Gasteiger charge is -2.13. The molecular formula is C18H20N4O3S. The molecule has 0 aliphatic heterocycles. The minimum atomic E-state index is -3.51. The summed E-state index contributed by atoms with van der Waals surface area (Å²) < 4.78 is 25.3. The van der Waals surface area contributed by atoms with Crippen molar-refractivity contribution in [1.29, 1.82) is 0 Å². The molecule has 26 heavy (non-hydrogen) atoms. The molecule has 0 aliphatic carbocycles. The summed E-state index contributed by atoms with van der Waals surface area (Å²) in [5.41, 5.74) is 2.12. The number of para-hydroxylation sites is 2. The van der Waals surface area contributed by atoms with Gasteiger partial charge in [0.2, 0.25) is 10.0 Å². The molecule has 0 spiro atoms. The second-order valence-electron chi connectivity index (χ2n) is 6.15. The number of hydrogen-bond donors (Lipinski definition) is 2. The molecule has 0 saturated carbocycles. The monoisotopic (exact) mass is 372 g/mol. The number of hydrogen-bond acceptors (Lipinski definition) is 4. The first-order chi connectivity index (χ1) is 12.3. The van der Waals surface area contributed by atoms with Crippen LogP contribution < -0.4 is 5.32 Å². The highest BCUT2D eigenvalue weighted by molar-refractivity contribution is 7.89. The van der Waals surface area contributed by atoms with Gasteiger partial charge in [-0.3, -0.25) is 4.79 Å². The van der Waals surface area contributed by atoms with E-state index in [9.17, 15) is 13.2 Å². The van der Waals surface area contributed by atoms with Crippen molar-refractivity contribution >= 4 is 27.0 Å². The van der Waals surface area contributed by atoms with Crippen molar-refractivity contribution in [2.75, 3.05) is 14.1 Å². The standard InChI is InChI=1S/C18H20N4O3S/c1-12(17-20-15-6-4-5-7-16(15)21-17)19-18(23)13-8-10-14(11-9-13)26(24,25)22(2)3/h4-12H,1-3H3,(H,19,23)(H,20,21). The number of amides is 1. The number of aromatic amines is 1. The van der Waals surface area contributed by atoms with Crippen LogP contribution in [0.1, 0.15) is 29.1 Å². The number of rotatable bonds is 5. The van der Waals surface area contributed by atoms with E-state index in [1.165, 1.54) is 38.4 Å². The highest BCUT2D eigenvalue weighted by Gasteiger charge is 2.19. The third kappa shape index (κ3) is 3.47. The van der Waals surface area contributed by atoms with Gasteiger partial charge >= 0.3 is 0 Å². The number of fused-ring (bicyclic) bond motifs is 1. The molecule has 3 rings (SSSR count). The zero-order valence-electron chi connectivity index (χ0n) is 14.7. The predicted octanol–water partition coefficient (Wildman–Crippen LogP) is 2.30. The molecule has 0 bridgehead atoms. The fraction of sp³-hybridized carbons (Fsp3) is 0.222. The van der Waals surface area contributed by atoms with E-state index < -0.39 is 10.0 Å². The number of benzene rings is 2. The SMILES string of the molecule is CC(NC(=O)c1ccc(S(=O)(=O)N(C)C)cc1)c1nc2ccccc2[nH]1. The lowest BCUT2D eigenvalue weighted by molar-refractivity contribution is 0.0938. The van der Waals surface area contributed by atoms with Gasteiger partial charge < -0.3 is 10.3 Å². The number of carbonyl (C=O) groups excluding carboxylic acids is 1. The zero-order chi connectivity index (χ0) is 18.9. The number of sulfonamides is 1. The Bertz CT molecular complexity index is 1010. The molecule has 0 aliphatic rings. The summed E-state index contributed by atoms with van der Waals surface area (Å²) in [7, 11) is -0.587. The summed E-state index contributed by atoms with van der Waals surface area (Å²) in [4.78, 5) is 20.2. The first-order valence-corrected chi connectivity index (χ1v) is 9.51. The molecule has 2 N–H and O–H groups in total. The molecule has 1 heterocycles. The second-order valence-corrected chi connectivity index (χ2v) is 8.30. The first-order valence-electron chi connectivity index (χ1n) is 8.07. The van der Waals surface area contributed by atoms with Crippen molar-refractivity contribution in [1.82, 2.24) is 19.6 Å². The summed E-state index contributed by atoms with van der Waals surface area (Å²) >= 11 is 0. The van der Waals surface area contributed by atoms with E-state index in [4.69, 9.17) is 0 Å². The summed E-state index contributed by atoms with van der Waals surface area (Å²) in [6.45, 7) is 1.83. The van der Waals surface area contributed by atoms with Gasteiger partial charge in [0.05, 0.1) is 22.0 Å². The first kappa shape index (κ1) is 18.1. The molecule has 7 nitrogen and oxygen atoms in total. The van der Waals surface area contributed by atoms with Crippen molar-refractivity contribution in [3.8, 4) is 0 Å². The van der Waals surface area contributed by atoms with Gasteiger partial charge in [0.25, 0.3) is 5.91 Å². The number of aromatic nitrogens is 2. The van der Waals surface area contributed by atoms with Gasteiger partial charge in [-0.2, -0.15) is 0 Å². The summed E-state index contributed by atoms with van der Waals surface area (Å²) in [5, 5.41) is 2.86. The van der Waals surface area contributed by atoms with Gasteiger partial charge in [-0.05, 0) is 43.3 Å². The maximum atomic E-state index is 12.4. The zero-order valence-corrected chi connectivity index (χ0v) is 15.5. The van der Waals surface area contributed by atoms with E-state index in [0.717, 1.165) is 15.3 Å². The Balaban J connectivity index is 1.75. The van der Waals surface area contributed by atoms with E-state index in [1.54, 1.807) is 0 Å². The van der Waals surface area contributed by atoms with E-state index in [2.05, 4.69) is 15.3 Å². The van der Waals surface area contributed by atoms with Crippen LogP contribution in [0.2, 0.25) is 0 Å². The van der Waals surface area contributed by atoms with Gasteiger partial charge in [-0.1, -0.05) is 12.1 Å². The van der Waals surface area contributed by atoms with Crippen LogP contribution in [0.15, 0.2) is 53.4 Å². The van der Waals surface area contributed by atoms with E-state index in [1.807, 2.05) is 31.2 Å². The average Bonchev–Trinajstić information content (AvgIpc) is 3.06.